The van der Waals surface area contributed by atoms with Crippen LogP contribution in [0.4, 0.5) is 0 Å². The summed E-state index contributed by atoms with van der Waals surface area (Å²) in [5.74, 6) is -0.980. The van der Waals surface area contributed by atoms with Crippen LogP contribution in [0.15, 0.2) is 60.8 Å². The second-order valence-electron chi connectivity index (χ2n) is 5.26. The quantitative estimate of drug-likeness (QED) is 0.775. The smallest absolute Gasteiger partial charge is 0.320 e. The Bertz CT molecular complexity index is 813. The first-order valence-electron chi connectivity index (χ1n) is 7.06. The lowest BCUT2D eigenvalue weighted by Crippen LogP contribution is -2.32. The highest BCUT2D eigenvalue weighted by Crippen LogP contribution is 2.24. The number of hydrogen-bond acceptors (Lipinski definition) is 3. The minimum absolute atomic E-state index is 0.331. The molecule has 22 heavy (non-hydrogen) atoms. The van der Waals surface area contributed by atoms with Gasteiger partial charge in [0.15, 0.2) is 0 Å². The number of benzene rings is 2. The number of carboxylic acids is 1. The molecule has 0 fully saturated rings. The number of pyridine rings is 1. The average molecular weight is 292 g/mol. The van der Waals surface area contributed by atoms with E-state index in [4.69, 9.17) is 10.8 Å². The fourth-order valence-corrected chi connectivity index (χ4v) is 2.43. The van der Waals surface area contributed by atoms with Crippen LogP contribution in [0.1, 0.15) is 5.56 Å². The zero-order chi connectivity index (χ0) is 15.5. The second-order valence-corrected chi connectivity index (χ2v) is 5.26. The van der Waals surface area contributed by atoms with Crippen LogP contribution in [0, 0.1) is 0 Å². The summed E-state index contributed by atoms with van der Waals surface area (Å²) >= 11 is 0. The third-order valence-electron chi connectivity index (χ3n) is 3.66. The van der Waals surface area contributed by atoms with Crippen LogP contribution in [-0.2, 0) is 11.2 Å². The molecule has 0 spiro atoms. The monoisotopic (exact) mass is 292 g/mol. The van der Waals surface area contributed by atoms with Crippen molar-refractivity contribution in [3.8, 4) is 11.1 Å². The van der Waals surface area contributed by atoms with Crippen LogP contribution in [0.2, 0.25) is 0 Å². The summed E-state index contributed by atoms with van der Waals surface area (Å²) in [4.78, 5) is 15.1. The van der Waals surface area contributed by atoms with Crippen LogP contribution in [0.3, 0.4) is 0 Å². The Balaban J connectivity index is 1.86. The van der Waals surface area contributed by atoms with Crippen molar-refractivity contribution in [3.63, 3.8) is 0 Å². The molecule has 0 bridgehead atoms. The van der Waals surface area contributed by atoms with Crippen molar-refractivity contribution in [2.24, 2.45) is 5.73 Å². The van der Waals surface area contributed by atoms with Crippen molar-refractivity contribution < 1.29 is 9.90 Å². The number of nitrogens with zero attached hydrogens (tertiary/aromatic N) is 1. The highest BCUT2D eigenvalue weighted by molar-refractivity contribution is 5.84. The van der Waals surface area contributed by atoms with Gasteiger partial charge in [0.2, 0.25) is 0 Å². The van der Waals surface area contributed by atoms with Gasteiger partial charge in [-0.2, -0.15) is 0 Å². The minimum Gasteiger partial charge on any atom is -0.480 e. The molecule has 1 atom stereocenters. The highest BCUT2D eigenvalue weighted by atomic mass is 16.4. The van der Waals surface area contributed by atoms with E-state index < -0.39 is 12.0 Å². The van der Waals surface area contributed by atoms with Gasteiger partial charge in [-0.15, -0.1) is 0 Å². The van der Waals surface area contributed by atoms with Crippen molar-refractivity contribution in [2.75, 3.05) is 0 Å². The summed E-state index contributed by atoms with van der Waals surface area (Å²) in [7, 11) is 0. The van der Waals surface area contributed by atoms with Crippen molar-refractivity contribution in [1.82, 2.24) is 4.98 Å². The van der Waals surface area contributed by atoms with Crippen LogP contribution < -0.4 is 5.73 Å². The van der Waals surface area contributed by atoms with Gasteiger partial charge < -0.3 is 10.8 Å². The fraction of sp³-hybridized carbons (Fsp3) is 0.111. The molecule has 3 N–H and O–H groups in total. The van der Waals surface area contributed by atoms with E-state index in [1.807, 2.05) is 48.5 Å². The lowest BCUT2D eigenvalue weighted by Gasteiger charge is -2.08. The van der Waals surface area contributed by atoms with Gasteiger partial charge >= 0.3 is 5.97 Å². The summed E-state index contributed by atoms with van der Waals surface area (Å²) in [6, 6.07) is 17.0. The predicted octanol–water partition coefficient (Wildman–Crippen LogP) is 2.86. The van der Waals surface area contributed by atoms with E-state index in [0.29, 0.717) is 6.42 Å². The maximum absolute atomic E-state index is 10.8. The number of carbonyl (C=O) groups is 1. The normalized spacial score (nSPS) is 12.2. The Morgan fingerprint density at radius 2 is 1.82 bits per heavy atom. The molecule has 110 valence electrons. The Labute approximate surface area is 128 Å². The first-order valence-corrected chi connectivity index (χ1v) is 7.06. The van der Waals surface area contributed by atoms with Gasteiger partial charge in [-0.25, -0.2) is 0 Å². The number of hydrogen-bond donors (Lipinski definition) is 2. The van der Waals surface area contributed by atoms with Crippen LogP contribution in [-0.4, -0.2) is 22.1 Å². The van der Waals surface area contributed by atoms with Gasteiger partial charge in [-0.1, -0.05) is 36.4 Å². The molecular formula is C18H16N2O2. The lowest BCUT2D eigenvalue weighted by molar-refractivity contribution is -0.138. The van der Waals surface area contributed by atoms with E-state index in [2.05, 4.69) is 11.1 Å². The molecular weight excluding hydrogens is 276 g/mol. The molecule has 0 aliphatic carbocycles. The molecule has 1 unspecified atom stereocenters. The number of aromatic nitrogens is 1. The van der Waals surface area contributed by atoms with E-state index >= 15 is 0 Å². The molecule has 1 heterocycles. The molecule has 4 heteroatoms. The van der Waals surface area contributed by atoms with Crippen molar-refractivity contribution in [3.05, 3.63) is 66.4 Å². The van der Waals surface area contributed by atoms with E-state index in [1.165, 1.54) is 0 Å². The summed E-state index contributed by atoms with van der Waals surface area (Å²) in [6.07, 6.45) is 2.11. The molecule has 4 nitrogen and oxygen atoms in total. The summed E-state index contributed by atoms with van der Waals surface area (Å²) in [6.45, 7) is 0. The number of nitrogens with two attached hydrogens (primary N) is 1. The van der Waals surface area contributed by atoms with Gasteiger partial charge in [-0.05, 0) is 41.3 Å². The Morgan fingerprint density at radius 1 is 1.09 bits per heavy atom. The van der Waals surface area contributed by atoms with Gasteiger partial charge in [0.1, 0.15) is 6.04 Å². The molecule has 0 saturated carbocycles. The van der Waals surface area contributed by atoms with Crippen LogP contribution >= 0.6 is 0 Å². The Morgan fingerprint density at radius 3 is 2.55 bits per heavy atom. The summed E-state index contributed by atoms with van der Waals surface area (Å²) in [5.41, 5.74) is 9.63. The second kappa shape index (κ2) is 5.95. The minimum atomic E-state index is -0.980. The zero-order valence-electron chi connectivity index (χ0n) is 11.9. The molecule has 0 radical (unpaired) electrons. The van der Waals surface area contributed by atoms with E-state index in [1.54, 1.807) is 6.20 Å². The number of carboxylic acid groups (broad SMARTS) is 1. The number of fused-ring (bicyclic) bond motifs is 1. The SMILES string of the molecule is NC(Cc1ccc(-c2ccc3ncccc3c2)cc1)C(=O)O. The van der Waals surface area contributed by atoms with Gasteiger partial charge in [0, 0.05) is 11.6 Å². The predicted molar refractivity (Wildman–Crippen MR) is 86.5 cm³/mol. The maximum atomic E-state index is 10.8. The van der Waals surface area contributed by atoms with Gasteiger partial charge in [0.25, 0.3) is 0 Å². The van der Waals surface area contributed by atoms with Crippen molar-refractivity contribution >= 4 is 16.9 Å². The third-order valence-corrected chi connectivity index (χ3v) is 3.66. The Kier molecular flexibility index (Phi) is 3.85. The third kappa shape index (κ3) is 2.97. The first-order chi connectivity index (χ1) is 10.6. The topological polar surface area (TPSA) is 76.2 Å². The average Bonchev–Trinajstić information content (AvgIpc) is 2.55. The zero-order valence-corrected chi connectivity index (χ0v) is 11.9. The largest absolute Gasteiger partial charge is 0.480 e. The maximum Gasteiger partial charge on any atom is 0.320 e. The standard InChI is InChI=1S/C18H16N2O2/c19-16(18(21)22)10-12-3-5-13(6-4-12)14-7-8-17-15(11-14)2-1-9-20-17/h1-9,11,16H,10,19H2,(H,21,22). The molecule has 0 aliphatic rings. The molecule has 0 saturated heterocycles. The molecule has 1 aromatic heterocycles. The fourth-order valence-electron chi connectivity index (χ4n) is 2.43. The lowest BCUT2D eigenvalue weighted by atomic mass is 10.00. The number of rotatable bonds is 4. The highest BCUT2D eigenvalue weighted by Gasteiger charge is 2.11. The molecule has 3 aromatic rings. The Hall–Kier alpha value is -2.72. The molecule has 3 rings (SSSR count). The van der Waals surface area contributed by atoms with Crippen molar-refractivity contribution in [1.29, 1.82) is 0 Å². The van der Waals surface area contributed by atoms with Gasteiger partial charge in [-0.3, -0.25) is 9.78 Å². The molecule has 2 aromatic carbocycles. The molecule has 0 amide bonds. The van der Waals surface area contributed by atoms with Gasteiger partial charge in [0.05, 0.1) is 5.52 Å². The van der Waals surface area contributed by atoms with E-state index in [-0.39, 0.29) is 0 Å². The molecule has 0 aliphatic heterocycles. The van der Waals surface area contributed by atoms with E-state index in [0.717, 1.165) is 27.6 Å². The first kappa shape index (κ1) is 14.2. The summed E-state index contributed by atoms with van der Waals surface area (Å²) < 4.78 is 0. The number of aliphatic carboxylic acids is 1. The summed E-state index contributed by atoms with van der Waals surface area (Å²) in [5, 5.41) is 9.94. The van der Waals surface area contributed by atoms with Crippen molar-refractivity contribution in [2.45, 2.75) is 12.5 Å². The van der Waals surface area contributed by atoms with Crippen LogP contribution in [0.25, 0.3) is 22.0 Å². The van der Waals surface area contributed by atoms with E-state index in [9.17, 15) is 4.79 Å². The van der Waals surface area contributed by atoms with Crippen LogP contribution in [0.5, 0.6) is 0 Å².